The number of nitrogens with zero attached hydrogens (tertiary/aromatic N) is 5. The Morgan fingerprint density at radius 3 is 2.68 bits per heavy atom. The average molecular weight is 376 g/mol. The molecule has 1 unspecified atom stereocenters. The SMILES string of the molecule is CCC(C)/C=N\c1c(C)nc(-c2cncc(O)c2)nc1NCc1ccncc1. The van der Waals surface area contributed by atoms with E-state index in [1.165, 1.54) is 6.20 Å². The summed E-state index contributed by atoms with van der Waals surface area (Å²) in [6, 6.07) is 5.49. The van der Waals surface area contributed by atoms with Crippen LogP contribution in [0.15, 0.2) is 48.0 Å². The van der Waals surface area contributed by atoms with Crippen LogP contribution in [-0.2, 0) is 6.54 Å². The lowest BCUT2D eigenvalue weighted by atomic mass is 10.1. The molecule has 0 aliphatic carbocycles. The number of anilines is 1. The minimum absolute atomic E-state index is 0.0731. The Kier molecular flexibility index (Phi) is 6.26. The predicted molar refractivity (Wildman–Crippen MR) is 111 cm³/mol. The highest BCUT2D eigenvalue weighted by Gasteiger charge is 2.13. The van der Waals surface area contributed by atoms with Crippen LogP contribution >= 0.6 is 0 Å². The summed E-state index contributed by atoms with van der Waals surface area (Å²) in [5.41, 5.74) is 3.20. The zero-order valence-corrected chi connectivity index (χ0v) is 16.3. The standard InChI is InChI=1S/C21H24N6O/c1-4-14(2)10-24-19-15(3)26-20(17-9-18(28)13-23-12-17)27-21(19)25-11-16-5-7-22-8-6-16/h5-10,12-14,28H,4,11H2,1-3H3,(H,25,26,27)/b24-10-. The smallest absolute Gasteiger partial charge is 0.163 e. The maximum absolute atomic E-state index is 9.73. The summed E-state index contributed by atoms with van der Waals surface area (Å²) in [5.74, 6) is 1.56. The van der Waals surface area contributed by atoms with Crippen LogP contribution in [0.4, 0.5) is 11.5 Å². The maximum Gasteiger partial charge on any atom is 0.163 e. The van der Waals surface area contributed by atoms with E-state index in [1.54, 1.807) is 24.7 Å². The van der Waals surface area contributed by atoms with E-state index in [0.717, 1.165) is 17.7 Å². The third-order valence-electron chi connectivity index (χ3n) is 4.35. The number of hydrogen-bond acceptors (Lipinski definition) is 7. The molecule has 7 heteroatoms. The second kappa shape index (κ2) is 9.03. The van der Waals surface area contributed by atoms with Gasteiger partial charge in [-0.2, -0.15) is 0 Å². The second-order valence-corrected chi connectivity index (χ2v) is 6.63. The summed E-state index contributed by atoms with van der Waals surface area (Å²) in [6.45, 7) is 6.74. The van der Waals surface area contributed by atoms with Crippen molar-refractivity contribution in [3.8, 4) is 17.1 Å². The van der Waals surface area contributed by atoms with Gasteiger partial charge in [0.05, 0.1) is 11.9 Å². The Labute approximate surface area is 164 Å². The van der Waals surface area contributed by atoms with Crippen molar-refractivity contribution < 1.29 is 5.11 Å². The van der Waals surface area contributed by atoms with E-state index in [2.05, 4.69) is 44.1 Å². The van der Waals surface area contributed by atoms with Crippen molar-refractivity contribution in [1.82, 2.24) is 19.9 Å². The Balaban J connectivity index is 1.99. The zero-order chi connectivity index (χ0) is 19.9. The van der Waals surface area contributed by atoms with Crippen molar-refractivity contribution in [2.24, 2.45) is 10.9 Å². The summed E-state index contributed by atoms with van der Waals surface area (Å²) in [7, 11) is 0. The van der Waals surface area contributed by atoms with Crippen molar-refractivity contribution in [1.29, 1.82) is 0 Å². The molecular formula is C21H24N6O. The largest absolute Gasteiger partial charge is 0.506 e. The van der Waals surface area contributed by atoms with E-state index in [-0.39, 0.29) is 5.75 Å². The lowest BCUT2D eigenvalue weighted by Gasteiger charge is -2.13. The van der Waals surface area contributed by atoms with Gasteiger partial charge in [0, 0.05) is 36.9 Å². The van der Waals surface area contributed by atoms with Crippen LogP contribution in [0.25, 0.3) is 11.4 Å². The summed E-state index contributed by atoms with van der Waals surface area (Å²) >= 11 is 0. The van der Waals surface area contributed by atoms with Crippen LogP contribution in [0.2, 0.25) is 0 Å². The number of aryl methyl sites for hydroxylation is 1. The third kappa shape index (κ3) is 4.88. The second-order valence-electron chi connectivity index (χ2n) is 6.63. The van der Waals surface area contributed by atoms with Gasteiger partial charge in [0.1, 0.15) is 11.4 Å². The molecule has 3 heterocycles. The van der Waals surface area contributed by atoms with Crippen LogP contribution in [0.3, 0.4) is 0 Å². The molecule has 0 fully saturated rings. The Hall–Kier alpha value is -3.35. The first-order valence-corrected chi connectivity index (χ1v) is 9.26. The quantitative estimate of drug-likeness (QED) is 0.597. The number of aromatic nitrogens is 4. The van der Waals surface area contributed by atoms with E-state index in [1.807, 2.05) is 25.3 Å². The Bertz CT molecular complexity index is 958. The molecular weight excluding hydrogens is 352 g/mol. The topological polar surface area (TPSA) is 96.2 Å². The molecule has 0 amide bonds. The lowest BCUT2D eigenvalue weighted by Crippen LogP contribution is -2.05. The molecule has 0 aromatic carbocycles. The molecule has 7 nitrogen and oxygen atoms in total. The molecule has 0 aliphatic rings. The predicted octanol–water partition coefficient (Wildman–Crippen LogP) is 4.31. The molecule has 0 spiro atoms. The molecule has 2 N–H and O–H groups in total. The number of aromatic hydroxyl groups is 1. The van der Waals surface area contributed by atoms with E-state index in [9.17, 15) is 5.11 Å². The normalized spacial score (nSPS) is 12.2. The minimum Gasteiger partial charge on any atom is -0.506 e. The first-order valence-electron chi connectivity index (χ1n) is 9.26. The van der Waals surface area contributed by atoms with Gasteiger partial charge in [0.15, 0.2) is 11.6 Å². The van der Waals surface area contributed by atoms with Gasteiger partial charge in [-0.25, -0.2) is 9.97 Å². The number of rotatable bonds is 7. The van der Waals surface area contributed by atoms with E-state index in [0.29, 0.717) is 35.4 Å². The number of pyridine rings is 2. The summed E-state index contributed by atoms with van der Waals surface area (Å²) in [6.07, 6.45) is 9.46. The Morgan fingerprint density at radius 2 is 1.96 bits per heavy atom. The molecule has 144 valence electrons. The first kappa shape index (κ1) is 19.4. The number of aliphatic imine (C=N–C) groups is 1. The molecule has 28 heavy (non-hydrogen) atoms. The van der Waals surface area contributed by atoms with Crippen molar-refractivity contribution in [2.45, 2.75) is 33.7 Å². The zero-order valence-electron chi connectivity index (χ0n) is 16.3. The van der Waals surface area contributed by atoms with Crippen molar-refractivity contribution in [2.75, 3.05) is 5.32 Å². The van der Waals surface area contributed by atoms with Gasteiger partial charge < -0.3 is 10.4 Å². The molecule has 3 aromatic rings. The summed E-state index contributed by atoms with van der Waals surface area (Å²) < 4.78 is 0. The molecule has 3 rings (SSSR count). The van der Waals surface area contributed by atoms with Gasteiger partial charge in [0.2, 0.25) is 0 Å². The van der Waals surface area contributed by atoms with Gasteiger partial charge in [-0.3, -0.25) is 15.0 Å². The van der Waals surface area contributed by atoms with Crippen LogP contribution in [0, 0.1) is 12.8 Å². The highest BCUT2D eigenvalue weighted by atomic mass is 16.3. The third-order valence-corrected chi connectivity index (χ3v) is 4.35. The van der Waals surface area contributed by atoms with Crippen molar-refractivity contribution in [3.05, 3.63) is 54.2 Å². The van der Waals surface area contributed by atoms with E-state index in [4.69, 9.17) is 0 Å². The number of nitrogens with one attached hydrogen (secondary N) is 1. The monoisotopic (exact) mass is 376 g/mol. The molecule has 0 bridgehead atoms. The van der Waals surface area contributed by atoms with Crippen LogP contribution in [0.1, 0.15) is 31.5 Å². The van der Waals surface area contributed by atoms with Crippen molar-refractivity contribution >= 4 is 17.7 Å². The highest BCUT2D eigenvalue weighted by molar-refractivity contribution is 5.74. The highest BCUT2D eigenvalue weighted by Crippen LogP contribution is 2.30. The number of hydrogen-bond donors (Lipinski definition) is 2. The van der Waals surface area contributed by atoms with E-state index >= 15 is 0 Å². The van der Waals surface area contributed by atoms with Crippen LogP contribution < -0.4 is 5.32 Å². The molecule has 1 atom stereocenters. The van der Waals surface area contributed by atoms with Crippen molar-refractivity contribution in [3.63, 3.8) is 0 Å². The molecule has 0 saturated heterocycles. The lowest BCUT2D eigenvalue weighted by molar-refractivity contribution is 0.473. The van der Waals surface area contributed by atoms with Crippen LogP contribution in [0.5, 0.6) is 5.75 Å². The van der Waals surface area contributed by atoms with Crippen LogP contribution in [-0.4, -0.2) is 31.3 Å². The van der Waals surface area contributed by atoms with Gasteiger partial charge >= 0.3 is 0 Å². The Morgan fingerprint density at radius 1 is 1.18 bits per heavy atom. The summed E-state index contributed by atoms with van der Waals surface area (Å²) in [5, 5.41) is 13.1. The molecule has 0 aliphatic heterocycles. The molecule has 0 saturated carbocycles. The fourth-order valence-corrected chi connectivity index (χ4v) is 2.52. The van der Waals surface area contributed by atoms with E-state index < -0.39 is 0 Å². The fourth-order valence-electron chi connectivity index (χ4n) is 2.52. The van der Waals surface area contributed by atoms with Gasteiger partial charge in [-0.15, -0.1) is 0 Å². The maximum atomic E-state index is 9.73. The first-order chi connectivity index (χ1) is 13.6. The minimum atomic E-state index is 0.0731. The molecule has 3 aromatic heterocycles. The average Bonchev–Trinajstić information content (AvgIpc) is 2.71. The molecule has 0 radical (unpaired) electrons. The summed E-state index contributed by atoms with van der Waals surface area (Å²) in [4.78, 5) is 22.0. The van der Waals surface area contributed by atoms with Gasteiger partial charge in [0.25, 0.3) is 0 Å². The fraction of sp³-hybridized carbons (Fsp3) is 0.286. The van der Waals surface area contributed by atoms with Gasteiger partial charge in [-0.05, 0) is 43.0 Å². The van der Waals surface area contributed by atoms with Gasteiger partial charge in [-0.1, -0.05) is 13.8 Å².